The monoisotopic (exact) mass is 456 g/mol. The number of likely N-dealkylation sites (tertiary alicyclic amines) is 2. The van der Waals surface area contributed by atoms with E-state index in [-0.39, 0.29) is 36.5 Å². The van der Waals surface area contributed by atoms with Gasteiger partial charge < -0.3 is 25.2 Å². The lowest BCUT2D eigenvalue weighted by molar-refractivity contribution is -0.122. The van der Waals surface area contributed by atoms with Crippen molar-refractivity contribution in [2.45, 2.75) is 57.4 Å². The molecule has 0 aromatic heterocycles. The fraction of sp³-hybridized carbons (Fsp3) is 0.640. The molecular weight excluding hydrogens is 420 g/mol. The average Bonchev–Trinajstić information content (AvgIpc) is 2.87. The number of rotatable bonds is 5. The number of primary amides is 1. The van der Waals surface area contributed by atoms with Crippen LogP contribution in [0.15, 0.2) is 24.3 Å². The number of nitrogens with zero attached hydrogens (tertiary/aromatic N) is 3. The molecule has 3 aliphatic heterocycles. The van der Waals surface area contributed by atoms with E-state index in [9.17, 15) is 14.4 Å². The number of carbonyl (C=O) groups excluding carboxylic acids is 3. The molecule has 2 N–H and O–H groups in total. The minimum atomic E-state index is -0.257. The molecule has 0 radical (unpaired) electrons. The van der Waals surface area contributed by atoms with Crippen molar-refractivity contribution in [3.63, 3.8) is 0 Å². The number of benzene rings is 1. The minimum Gasteiger partial charge on any atom is -0.447 e. The van der Waals surface area contributed by atoms with Crippen molar-refractivity contribution in [3.8, 4) is 0 Å². The van der Waals surface area contributed by atoms with Gasteiger partial charge in [0.2, 0.25) is 5.91 Å². The van der Waals surface area contributed by atoms with Gasteiger partial charge in [0.1, 0.15) is 6.61 Å². The van der Waals surface area contributed by atoms with E-state index in [4.69, 9.17) is 10.5 Å². The van der Waals surface area contributed by atoms with Gasteiger partial charge in [-0.3, -0.25) is 9.59 Å². The molecule has 3 heterocycles. The largest absolute Gasteiger partial charge is 0.447 e. The van der Waals surface area contributed by atoms with Gasteiger partial charge in [-0.1, -0.05) is 0 Å². The first-order valence-corrected chi connectivity index (χ1v) is 12.4. The van der Waals surface area contributed by atoms with Gasteiger partial charge in [0.15, 0.2) is 0 Å². The highest BCUT2D eigenvalue weighted by molar-refractivity contribution is 5.95. The van der Waals surface area contributed by atoms with E-state index in [0.29, 0.717) is 18.7 Å². The first-order valence-electron chi connectivity index (χ1n) is 12.4. The van der Waals surface area contributed by atoms with Crippen molar-refractivity contribution in [1.29, 1.82) is 0 Å². The van der Waals surface area contributed by atoms with Gasteiger partial charge in [-0.05, 0) is 75.6 Å². The molecule has 3 saturated heterocycles. The second-order valence-electron chi connectivity index (χ2n) is 9.51. The molecule has 4 rings (SSSR count). The maximum absolute atomic E-state index is 13.3. The Kier molecular flexibility index (Phi) is 7.73. The summed E-state index contributed by atoms with van der Waals surface area (Å²) in [5.41, 5.74) is 7.14. The number of amides is 3. The van der Waals surface area contributed by atoms with Gasteiger partial charge >= 0.3 is 6.09 Å². The third-order valence-electron chi connectivity index (χ3n) is 7.20. The maximum Gasteiger partial charge on any atom is 0.409 e. The molecule has 0 bridgehead atoms. The number of hydrogen-bond donors (Lipinski definition) is 1. The molecule has 180 valence electrons. The van der Waals surface area contributed by atoms with E-state index in [2.05, 4.69) is 4.90 Å². The number of carbonyl (C=O) groups is 3. The number of nitrogens with two attached hydrogens (primary N) is 1. The molecule has 1 aromatic carbocycles. The lowest BCUT2D eigenvalue weighted by atomic mass is 9.97. The van der Waals surface area contributed by atoms with Crippen LogP contribution < -0.4 is 10.6 Å². The Morgan fingerprint density at radius 2 is 1.61 bits per heavy atom. The molecular formula is C25H36N4O4. The molecule has 3 amide bonds. The number of ether oxygens (including phenoxy) is 1. The van der Waals surface area contributed by atoms with Gasteiger partial charge in [-0.25, -0.2) is 4.79 Å². The van der Waals surface area contributed by atoms with E-state index in [0.717, 1.165) is 76.7 Å². The van der Waals surface area contributed by atoms with E-state index >= 15 is 0 Å². The third kappa shape index (κ3) is 5.78. The van der Waals surface area contributed by atoms with Gasteiger partial charge in [0.25, 0.3) is 5.91 Å². The number of piperidine rings is 3. The zero-order valence-electron chi connectivity index (χ0n) is 19.4. The van der Waals surface area contributed by atoms with Crippen LogP contribution in [0.2, 0.25) is 0 Å². The van der Waals surface area contributed by atoms with Crippen molar-refractivity contribution in [3.05, 3.63) is 29.8 Å². The van der Waals surface area contributed by atoms with Crippen LogP contribution in [0.3, 0.4) is 0 Å². The summed E-state index contributed by atoms with van der Waals surface area (Å²) in [5.74, 6) is -0.389. The zero-order chi connectivity index (χ0) is 23.2. The van der Waals surface area contributed by atoms with Crippen LogP contribution in [-0.4, -0.2) is 73.1 Å². The van der Waals surface area contributed by atoms with Crippen LogP contribution in [0.5, 0.6) is 0 Å². The quantitative estimate of drug-likeness (QED) is 0.735. The molecule has 2 unspecified atom stereocenters. The molecule has 8 heteroatoms. The molecule has 0 saturated carbocycles. The summed E-state index contributed by atoms with van der Waals surface area (Å²) in [6.07, 6.45) is 7.57. The Morgan fingerprint density at radius 1 is 0.879 bits per heavy atom. The number of anilines is 1. The van der Waals surface area contributed by atoms with Crippen LogP contribution in [0.25, 0.3) is 0 Å². The van der Waals surface area contributed by atoms with Crippen molar-refractivity contribution < 1.29 is 19.1 Å². The van der Waals surface area contributed by atoms with Gasteiger partial charge in [-0.2, -0.15) is 0 Å². The predicted octanol–water partition coefficient (Wildman–Crippen LogP) is 3.01. The van der Waals surface area contributed by atoms with Crippen LogP contribution in [0.4, 0.5) is 10.5 Å². The first kappa shape index (κ1) is 23.4. The van der Waals surface area contributed by atoms with Crippen LogP contribution in [-0.2, 0) is 9.53 Å². The third-order valence-corrected chi connectivity index (χ3v) is 7.20. The highest BCUT2D eigenvalue weighted by Crippen LogP contribution is 2.25. The SMILES string of the molecule is NC(=O)C1CCCN(c2ccc(C(=O)N3CCCCC3COC(=O)N3CCCCC3)cc2)C1. The minimum absolute atomic E-state index is 0.0195. The Labute approximate surface area is 196 Å². The summed E-state index contributed by atoms with van der Waals surface area (Å²) in [5, 5.41) is 0. The second kappa shape index (κ2) is 10.9. The maximum atomic E-state index is 13.3. The van der Waals surface area contributed by atoms with Crippen molar-refractivity contribution in [2.75, 3.05) is 44.2 Å². The van der Waals surface area contributed by atoms with Gasteiger partial charge in [0, 0.05) is 44.0 Å². The van der Waals surface area contributed by atoms with E-state index in [1.807, 2.05) is 29.2 Å². The summed E-state index contributed by atoms with van der Waals surface area (Å²) in [7, 11) is 0. The fourth-order valence-corrected chi connectivity index (χ4v) is 5.20. The molecule has 0 spiro atoms. The standard InChI is InChI=1S/C25H36N4O4/c26-23(30)20-7-6-15-28(17-20)21-11-9-19(10-12-21)24(31)29-16-5-2-8-22(29)18-33-25(32)27-13-3-1-4-14-27/h9-12,20,22H,1-8,13-18H2,(H2,26,30). The van der Waals surface area contributed by atoms with Crippen molar-refractivity contribution in [2.24, 2.45) is 11.7 Å². The second-order valence-corrected chi connectivity index (χ2v) is 9.51. The van der Waals surface area contributed by atoms with E-state index in [1.54, 1.807) is 4.90 Å². The normalized spacial score (nSPS) is 23.8. The van der Waals surface area contributed by atoms with E-state index in [1.165, 1.54) is 0 Å². The Bertz CT molecular complexity index is 837. The lowest BCUT2D eigenvalue weighted by Gasteiger charge is -2.36. The molecule has 1 aromatic rings. The van der Waals surface area contributed by atoms with Gasteiger partial charge in [-0.15, -0.1) is 0 Å². The molecule has 33 heavy (non-hydrogen) atoms. The highest BCUT2D eigenvalue weighted by atomic mass is 16.6. The fourth-order valence-electron chi connectivity index (χ4n) is 5.20. The Morgan fingerprint density at radius 3 is 2.33 bits per heavy atom. The smallest absolute Gasteiger partial charge is 0.409 e. The molecule has 3 fully saturated rings. The topological polar surface area (TPSA) is 96.2 Å². The molecule has 3 aliphatic rings. The Hall–Kier alpha value is -2.77. The van der Waals surface area contributed by atoms with E-state index < -0.39 is 0 Å². The summed E-state index contributed by atoms with van der Waals surface area (Å²) in [6.45, 7) is 3.96. The summed E-state index contributed by atoms with van der Waals surface area (Å²) < 4.78 is 5.61. The summed E-state index contributed by atoms with van der Waals surface area (Å²) in [6, 6.07) is 7.53. The van der Waals surface area contributed by atoms with Crippen LogP contribution in [0.1, 0.15) is 61.7 Å². The average molecular weight is 457 g/mol. The number of hydrogen-bond acceptors (Lipinski definition) is 5. The van der Waals surface area contributed by atoms with Crippen molar-refractivity contribution in [1.82, 2.24) is 9.80 Å². The molecule has 2 atom stereocenters. The lowest BCUT2D eigenvalue weighted by Crippen LogP contribution is -2.47. The van der Waals surface area contributed by atoms with Crippen LogP contribution in [0, 0.1) is 5.92 Å². The molecule has 8 nitrogen and oxygen atoms in total. The van der Waals surface area contributed by atoms with Gasteiger partial charge in [0.05, 0.1) is 12.0 Å². The summed E-state index contributed by atoms with van der Waals surface area (Å²) >= 11 is 0. The van der Waals surface area contributed by atoms with Crippen LogP contribution >= 0.6 is 0 Å². The predicted molar refractivity (Wildman–Crippen MR) is 126 cm³/mol. The van der Waals surface area contributed by atoms with Crippen molar-refractivity contribution >= 4 is 23.6 Å². The Balaban J connectivity index is 1.36. The highest BCUT2D eigenvalue weighted by Gasteiger charge is 2.30. The first-order chi connectivity index (χ1) is 16.0. The molecule has 0 aliphatic carbocycles. The zero-order valence-corrected chi connectivity index (χ0v) is 19.4. The summed E-state index contributed by atoms with van der Waals surface area (Å²) in [4.78, 5) is 43.1.